The molecule has 0 aliphatic carbocycles. The zero-order valence-electron chi connectivity index (χ0n) is 15.3. The smallest absolute Gasteiger partial charge is 0.241 e. The molecule has 140 valence electrons. The van der Waals surface area contributed by atoms with Crippen LogP contribution in [0.3, 0.4) is 0 Å². The number of oxazole rings is 1. The Morgan fingerprint density at radius 3 is 2.81 bits per heavy atom. The normalized spacial score (nSPS) is 13.9. The molecule has 7 heteroatoms. The highest BCUT2D eigenvalue weighted by Gasteiger charge is 2.25. The van der Waals surface area contributed by atoms with Crippen LogP contribution in [-0.4, -0.2) is 43.2 Å². The second kappa shape index (κ2) is 7.28. The lowest BCUT2D eigenvalue weighted by molar-refractivity contribution is -0.125. The number of nitrogens with zero attached hydrogens (tertiary/aromatic N) is 2. The van der Waals surface area contributed by atoms with Gasteiger partial charge in [0, 0.05) is 13.0 Å². The summed E-state index contributed by atoms with van der Waals surface area (Å²) in [5, 5.41) is 2.97. The molecule has 0 saturated carbocycles. The second-order valence-electron chi connectivity index (χ2n) is 6.60. The van der Waals surface area contributed by atoms with Gasteiger partial charge in [-0.25, -0.2) is 4.98 Å². The number of likely N-dealkylation sites (N-methyl/N-ethyl adjacent to an activating group) is 1. The number of ether oxygens (including phenoxy) is 2. The summed E-state index contributed by atoms with van der Waals surface area (Å²) >= 11 is 0. The highest BCUT2D eigenvalue weighted by molar-refractivity contribution is 5.83. The number of fused-ring (bicyclic) bond motifs is 2. The van der Waals surface area contributed by atoms with E-state index in [2.05, 4.69) is 10.3 Å². The van der Waals surface area contributed by atoms with Crippen molar-refractivity contribution in [3.63, 3.8) is 0 Å². The standard InChI is InChI=1S/C20H21N3O4/c1-23(2)19(13-7-8-16-17(11-13)26-12-25-16)20(24)21-10-9-18-22-14-5-3-4-6-15(14)27-18/h3-8,11,19H,9-10,12H2,1-2H3,(H,21,24)/t19-/m0/s1. The average molecular weight is 367 g/mol. The monoisotopic (exact) mass is 367 g/mol. The van der Waals surface area contributed by atoms with E-state index in [1.165, 1.54) is 0 Å². The van der Waals surface area contributed by atoms with E-state index in [1.807, 2.05) is 61.5 Å². The first-order valence-electron chi connectivity index (χ1n) is 8.80. The lowest BCUT2D eigenvalue weighted by Gasteiger charge is -2.24. The van der Waals surface area contributed by atoms with Gasteiger partial charge in [0.05, 0.1) is 0 Å². The summed E-state index contributed by atoms with van der Waals surface area (Å²) in [5.41, 5.74) is 2.43. The first kappa shape index (κ1) is 17.4. The van der Waals surface area contributed by atoms with E-state index in [0.717, 1.165) is 16.7 Å². The molecule has 0 fully saturated rings. The molecule has 0 unspecified atom stereocenters. The van der Waals surface area contributed by atoms with Crippen LogP contribution >= 0.6 is 0 Å². The fraction of sp³-hybridized carbons (Fsp3) is 0.300. The van der Waals surface area contributed by atoms with Gasteiger partial charge in [-0.3, -0.25) is 9.69 Å². The largest absolute Gasteiger partial charge is 0.454 e. The van der Waals surface area contributed by atoms with E-state index >= 15 is 0 Å². The van der Waals surface area contributed by atoms with Crippen LogP contribution in [0.2, 0.25) is 0 Å². The zero-order valence-corrected chi connectivity index (χ0v) is 15.3. The molecule has 0 saturated heterocycles. The maximum Gasteiger partial charge on any atom is 0.241 e. The van der Waals surface area contributed by atoms with Crippen molar-refractivity contribution in [2.45, 2.75) is 12.5 Å². The van der Waals surface area contributed by atoms with Crippen LogP contribution in [0.5, 0.6) is 11.5 Å². The topological polar surface area (TPSA) is 76.8 Å². The van der Waals surface area contributed by atoms with Crippen LogP contribution in [0.25, 0.3) is 11.1 Å². The average Bonchev–Trinajstić information content (AvgIpc) is 3.27. The summed E-state index contributed by atoms with van der Waals surface area (Å²) < 4.78 is 16.5. The Balaban J connectivity index is 1.41. The van der Waals surface area contributed by atoms with Crippen LogP contribution in [-0.2, 0) is 11.2 Å². The molecule has 0 radical (unpaired) electrons. The third-order valence-corrected chi connectivity index (χ3v) is 4.45. The van der Waals surface area contributed by atoms with Gasteiger partial charge in [0.1, 0.15) is 11.6 Å². The van der Waals surface area contributed by atoms with Gasteiger partial charge in [-0.15, -0.1) is 0 Å². The molecule has 27 heavy (non-hydrogen) atoms. The third-order valence-electron chi connectivity index (χ3n) is 4.45. The van der Waals surface area contributed by atoms with Crippen LogP contribution in [0.15, 0.2) is 46.9 Å². The molecule has 1 amide bonds. The molecule has 1 aromatic heterocycles. The molecule has 3 aromatic rings. The summed E-state index contributed by atoms with van der Waals surface area (Å²) in [4.78, 5) is 19.1. The molecule has 2 aromatic carbocycles. The van der Waals surface area contributed by atoms with Gasteiger partial charge in [0.2, 0.25) is 12.7 Å². The Morgan fingerprint density at radius 1 is 1.19 bits per heavy atom. The lowest BCUT2D eigenvalue weighted by Crippen LogP contribution is -2.37. The second-order valence-corrected chi connectivity index (χ2v) is 6.60. The number of rotatable bonds is 6. The molecule has 1 aliphatic heterocycles. The van der Waals surface area contributed by atoms with Gasteiger partial charge in [0.25, 0.3) is 0 Å². The Hall–Kier alpha value is -3.06. The molecule has 7 nitrogen and oxygen atoms in total. The van der Waals surface area contributed by atoms with Crippen molar-refractivity contribution in [2.75, 3.05) is 27.4 Å². The van der Waals surface area contributed by atoms with Gasteiger partial charge in [-0.1, -0.05) is 18.2 Å². The highest BCUT2D eigenvalue weighted by atomic mass is 16.7. The molecule has 4 rings (SSSR count). The first-order valence-corrected chi connectivity index (χ1v) is 8.80. The number of amides is 1. The van der Waals surface area contributed by atoms with Gasteiger partial charge >= 0.3 is 0 Å². The number of nitrogens with one attached hydrogen (secondary N) is 1. The molecular formula is C20H21N3O4. The Kier molecular flexibility index (Phi) is 4.68. The van der Waals surface area contributed by atoms with Crippen molar-refractivity contribution in [1.82, 2.24) is 15.2 Å². The number of benzene rings is 2. The maximum atomic E-state index is 12.8. The third kappa shape index (κ3) is 3.59. The fourth-order valence-electron chi connectivity index (χ4n) is 3.18. The molecule has 1 atom stereocenters. The van der Waals surface area contributed by atoms with Crippen LogP contribution < -0.4 is 14.8 Å². The van der Waals surface area contributed by atoms with E-state index < -0.39 is 6.04 Å². The zero-order chi connectivity index (χ0) is 18.8. The summed E-state index contributed by atoms with van der Waals surface area (Å²) in [7, 11) is 3.74. The van der Waals surface area contributed by atoms with E-state index in [-0.39, 0.29) is 12.7 Å². The molecule has 2 heterocycles. The number of carbonyl (C=O) groups excluding carboxylic acids is 1. The minimum atomic E-state index is -0.428. The van der Waals surface area contributed by atoms with Gasteiger partial charge < -0.3 is 19.2 Å². The lowest BCUT2D eigenvalue weighted by atomic mass is 10.0. The van der Waals surface area contributed by atoms with Crippen molar-refractivity contribution in [3.05, 3.63) is 53.9 Å². The summed E-state index contributed by atoms with van der Waals surface area (Å²) in [6.07, 6.45) is 0.529. The van der Waals surface area contributed by atoms with Gasteiger partial charge in [-0.05, 0) is 43.9 Å². The van der Waals surface area contributed by atoms with Crippen molar-refractivity contribution in [1.29, 1.82) is 0 Å². The minimum absolute atomic E-state index is 0.0880. The van der Waals surface area contributed by atoms with Gasteiger partial charge in [-0.2, -0.15) is 0 Å². The highest BCUT2D eigenvalue weighted by Crippen LogP contribution is 2.35. The quantitative estimate of drug-likeness (QED) is 0.721. The molecular weight excluding hydrogens is 346 g/mol. The Bertz CT molecular complexity index is 934. The SMILES string of the molecule is CN(C)[C@H](C(=O)NCCc1nc2ccccc2o1)c1ccc2c(c1)OCO2. The molecule has 1 N–H and O–H groups in total. The van der Waals surface area contributed by atoms with E-state index in [9.17, 15) is 4.79 Å². The van der Waals surface area contributed by atoms with Crippen LogP contribution in [0.1, 0.15) is 17.5 Å². The number of carbonyl (C=O) groups is 1. The van der Waals surface area contributed by atoms with Crippen molar-refractivity contribution >= 4 is 17.0 Å². The maximum absolute atomic E-state index is 12.8. The number of para-hydroxylation sites is 2. The van der Waals surface area contributed by atoms with Crippen molar-refractivity contribution < 1.29 is 18.7 Å². The summed E-state index contributed by atoms with van der Waals surface area (Å²) in [6, 6.07) is 12.8. The number of hydrogen-bond donors (Lipinski definition) is 1. The van der Waals surface area contributed by atoms with Crippen molar-refractivity contribution in [3.8, 4) is 11.5 Å². The molecule has 1 aliphatic rings. The van der Waals surface area contributed by atoms with Crippen molar-refractivity contribution in [2.24, 2.45) is 0 Å². The van der Waals surface area contributed by atoms with Gasteiger partial charge in [0.15, 0.2) is 23.0 Å². The van der Waals surface area contributed by atoms with Crippen LogP contribution in [0.4, 0.5) is 0 Å². The van der Waals surface area contributed by atoms with E-state index in [1.54, 1.807) is 0 Å². The number of aromatic nitrogens is 1. The van der Waals surface area contributed by atoms with Crippen LogP contribution in [0, 0.1) is 0 Å². The summed E-state index contributed by atoms with van der Waals surface area (Å²) in [5.74, 6) is 1.89. The number of hydrogen-bond acceptors (Lipinski definition) is 6. The molecule has 0 bridgehead atoms. The molecule has 0 spiro atoms. The summed E-state index contributed by atoms with van der Waals surface area (Å²) in [6.45, 7) is 0.655. The predicted octanol–water partition coefficient (Wildman–Crippen LogP) is 2.52. The van der Waals surface area contributed by atoms with E-state index in [4.69, 9.17) is 13.9 Å². The van der Waals surface area contributed by atoms with E-state index in [0.29, 0.717) is 30.4 Å². The first-order chi connectivity index (χ1) is 13.1. The Morgan fingerprint density at radius 2 is 2.00 bits per heavy atom. The minimum Gasteiger partial charge on any atom is -0.454 e. The predicted molar refractivity (Wildman–Crippen MR) is 99.7 cm³/mol. The Labute approximate surface area is 156 Å². The fourth-order valence-corrected chi connectivity index (χ4v) is 3.18.